The Morgan fingerprint density at radius 3 is 2.69 bits per heavy atom. The smallest absolute Gasteiger partial charge is 0.191 e. The first kappa shape index (κ1) is 18.2. The molecule has 0 N–H and O–H groups in total. The number of rotatable bonds is 8. The molecule has 0 unspecified atom stereocenters. The average Bonchev–Trinajstić information content (AvgIpc) is 3.06. The second kappa shape index (κ2) is 8.67. The largest absolute Gasteiger partial charge is 0.497 e. The Morgan fingerprint density at radius 2 is 1.92 bits per heavy atom. The van der Waals surface area contributed by atoms with Crippen molar-refractivity contribution in [2.75, 3.05) is 12.9 Å². The molecule has 0 aliphatic heterocycles. The van der Waals surface area contributed by atoms with E-state index in [0.717, 1.165) is 40.0 Å². The Bertz CT molecular complexity index is 878. The van der Waals surface area contributed by atoms with Crippen molar-refractivity contribution in [1.29, 1.82) is 0 Å². The van der Waals surface area contributed by atoms with E-state index >= 15 is 0 Å². The summed E-state index contributed by atoms with van der Waals surface area (Å²) in [4.78, 5) is 12.1. The van der Waals surface area contributed by atoms with Crippen LogP contribution < -0.4 is 4.74 Å². The monoisotopic (exact) mass is 367 g/mol. The van der Waals surface area contributed by atoms with Gasteiger partial charge in [-0.05, 0) is 18.6 Å². The molecule has 0 spiro atoms. The first-order valence-corrected chi connectivity index (χ1v) is 9.42. The lowest BCUT2D eigenvalue weighted by atomic mass is 10.1. The molecule has 3 aromatic rings. The van der Waals surface area contributed by atoms with Gasteiger partial charge in [0.15, 0.2) is 16.8 Å². The van der Waals surface area contributed by atoms with Crippen molar-refractivity contribution in [2.45, 2.75) is 18.0 Å². The summed E-state index contributed by atoms with van der Waals surface area (Å²) in [6.07, 6.45) is 1.34. The van der Waals surface area contributed by atoms with Crippen LogP contribution in [0.2, 0.25) is 0 Å². The minimum Gasteiger partial charge on any atom is -0.497 e. The number of nitrogens with zero attached hydrogens (tertiary/aromatic N) is 3. The zero-order valence-electron chi connectivity index (χ0n) is 14.9. The van der Waals surface area contributed by atoms with Gasteiger partial charge in [0.2, 0.25) is 0 Å². The van der Waals surface area contributed by atoms with Crippen LogP contribution in [0.5, 0.6) is 5.75 Å². The number of methoxy groups -OCH3 is 1. The van der Waals surface area contributed by atoms with Crippen LogP contribution in [0.3, 0.4) is 0 Å². The van der Waals surface area contributed by atoms with Crippen LogP contribution in [0, 0.1) is 0 Å². The highest BCUT2D eigenvalue weighted by atomic mass is 32.2. The van der Waals surface area contributed by atoms with Crippen molar-refractivity contribution < 1.29 is 9.53 Å². The lowest BCUT2D eigenvalue weighted by Gasteiger charge is -2.05. The first-order chi connectivity index (χ1) is 12.7. The van der Waals surface area contributed by atoms with Gasteiger partial charge in [-0.1, -0.05) is 54.2 Å². The van der Waals surface area contributed by atoms with E-state index in [9.17, 15) is 4.79 Å². The SMILES string of the molecule is COc1cccc(-c2nnc(SCCCC(=O)c3ccccc3)n2C)c1. The Labute approximate surface area is 157 Å². The maximum absolute atomic E-state index is 12.1. The van der Waals surface area contributed by atoms with E-state index in [4.69, 9.17) is 4.74 Å². The number of carbonyl (C=O) groups is 1. The highest BCUT2D eigenvalue weighted by Crippen LogP contribution is 2.25. The molecule has 2 aromatic carbocycles. The predicted molar refractivity (Wildman–Crippen MR) is 104 cm³/mol. The van der Waals surface area contributed by atoms with Gasteiger partial charge in [-0.2, -0.15) is 0 Å². The summed E-state index contributed by atoms with van der Waals surface area (Å²) in [6, 6.07) is 17.2. The van der Waals surface area contributed by atoms with Crippen LogP contribution in [-0.2, 0) is 7.05 Å². The summed E-state index contributed by atoms with van der Waals surface area (Å²) in [6.45, 7) is 0. The molecule has 0 atom stereocenters. The Hall–Kier alpha value is -2.60. The topological polar surface area (TPSA) is 57.0 Å². The number of Topliss-reactive ketones (excluding diaryl/α,β-unsaturated/α-hetero) is 1. The summed E-state index contributed by atoms with van der Waals surface area (Å²) in [5.41, 5.74) is 1.74. The minimum absolute atomic E-state index is 0.182. The minimum atomic E-state index is 0.182. The van der Waals surface area contributed by atoms with Crippen LogP contribution in [0.25, 0.3) is 11.4 Å². The van der Waals surface area contributed by atoms with E-state index in [1.807, 2.05) is 66.2 Å². The highest BCUT2D eigenvalue weighted by molar-refractivity contribution is 7.99. The van der Waals surface area contributed by atoms with E-state index in [0.29, 0.717) is 6.42 Å². The highest BCUT2D eigenvalue weighted by Gasteiger charge is 2.12. The lowest BCUT2D eigenvalue weighted by Crippen LogP contribution is -2.00. The molecular formula is C20H21N3O2S. The lowest BCUT2D eigenvalue weighted by molar-refractivity contribution is 0.0982. The third-order valence-electron chi connectivity index (χ3n) is 4.04. The second-order valence-corrected chi connectivity index (χ2v) is 6.90. The molecular weight excluding hydrogens is 346 g/mol. The van der Waals surface area contributed by atoms with E-state index in [2.05, 4.69) is 10.2 Å². The van der Waals surface area contributed by atoms with Crippen molar-refractivity contribution in [3.05, 3.63) is 60.2 Å². The number of ketones is 1. The van der Waals surface area contributed by atoms with Gasteiger partial charge in [0.25, 0.3) is 0 Å². The molecule has 1 aromatic heterocycles. The fourth-order valence-electron chi connectivity index (χ4n) is 2.62. The first-order valence-electron chi connectivity index (χ1n) is 8.44. The van der Waals surface area contributed by atoms with Gasteiger partial charge in [0.1, 0.15) is 5.75 Å². The molecule has 5 nitrogen and oxygen atoms in total. The van der Waals surface area contributed by atoms with E-state index in [1.54, 1.807) is 18.9 Å². The van der Waals surface area contributed by atoms with Crippen molar-refractivity contribution >= 4 is 17.5 Å². The molecule has 0 saturated carbocycles. The van der Waals surface area contributed by atoms with Gasteiger partial charge in [0.05, 0.1) is 7.11 Å². The Balaban J connectivity index is 1.56. The maximum Gasteiger partial charge on any atom is 0.191 e. The van der Waals surface area contributed by atoms with E-state index in [1.165, 1.54) is 0 Å². The summed E-state index contributed by atoms with van der Waals surface area (Å²) < 4.78 is 7.24. The fourth-order valence-corrected chi connectivity index (χ4v) is 3.47. The summed E-state index contributed by atoms with van der Waals surface area (Å²) >= 11 is 1.62. The zero-order valence-corrected chi connectivity index (χ0v) is 15.7. The Kier molecular flexibility index (Phi) is 6.07. The standard InChI is InChI=1S/C20H21N3O2S/c1-23-19(16-10-6-11-17(14-16)25-2)21-22-20(23)26-13-7-12-18(24)15-8-4-3-5-9-15/h3-6,8-11,14H,7,12-13H2,1-2H3. The molecule has 0 aliphatic carbocycles. The van der Waals surface area contributed by atoms with Crippen LogP contribution in [0.1, 0.15) is 23.2 Å². The molecule has 3 rings (SSSR count). The molecule has 0 radical (unpaired) electrons. The van der Waals surface area contributed by atoms with E-state index < -0.39 is 0 Å². The third-order valence-corrected chi connectivity index (χ3v) is 5.14. The number of hydrogen-bond donors (Lipinski definition) is 0. The molecule has 0 saturated heterocycles. The number of benzene rings is 2. The number of aromatic nitrogens is 3. The summed E-state index contributed by atoms with van der Waals surface area (Å²) in [5, 5.41) is 9.41. The van der Waals surface area contributed by atoms with Crippen LogP contribution in [0.4, 0.5) is 0 Å². The molecule has 6 heteroatoms. The van der Waals surface area contributed by atoms with Crippen LogP contribution in [0.15, 0.2) is 59.8 Å². The van der Waals surface area contributed by atoms with Gasteiger partial charge in [-0.3, -0.25) is 4.79 Å². The number of ether oxygens (including phenoxy) is 1. The van der Waals surface area contributed by atoms with Crippen molar-refractivity contribution in [1.82, 2.24) is 14.8 Å². The molecule has 0 bridgehead atoms. The van der Waals surface area contributed by atoms with E-state index in [-0.39, 0.29) is 5.78 Å². The quantitative estimate of drug-likeness (QED) is 0.338. The van der Waals surface area contributed by atoms with Gasteiger partial charge in [-0.25, -0.2) is 0 Å². The maximum atomic E-state index is 12.1. The number of thioether (sulfide) groups is 1. The van der Waals surface area contributed by atoms with Crippen molar-refractivity contribution in [3.8, 4) is 17.1 Å². The molecule has 26 heavy (non-hydrogen) atoms. The predicted octanol–water partition coefficient (Wildman–Crippen LogP) is 4.25. The van der Waals surface area contributed by atoms with Gasteiger partial charge >= 0.3 is 0 Å². The second-order valence-electron chi connectivity index (χ2n) is 5.84. The average molecular weight is 367 g/mol. The number of hydrogen-bond acceptors (Lipinski definition) is 5. The van der Waals surface area contributed by atoms with Gasteiger partial charge < -0.3 is 9.30 Å². The number of carbonyl (C=O) groups excluding carboxylic acids is 1. The van der Waals surface area contributed by atoms with Crippen LogP contribution >= 0.6 is 11.8 Å². The molecule has 0 fully saturated rings. The molecule has 0 amide bonds. The normalized spacial score (nSPS) is 10.7. The van der Waals surface area contributed by atoms with Gasteiger partial charge in [0, 0.05) is 30.3 Å². The summed E-state index contributed by atoms with van der Waals surface area (Å²) in [5.74, 6) is 2.59. The molecule has 0 aliphatic rings. The van der Waals surface area contributed by atoms with Crippen LogP contribution in [-0.4, -0.2) is 33.4 Å². The van der Waals surface area contributed by atoms with Crippen molar-refractivity contribution in [2.24, 2.45) is 7.05 Å². The fraction of sp³-hybridized carbons (Fsp3) is 0.250. The Morgan fingerprint density at radius 1 is 1.12 bits per heavy atom. The van der Waals surface area contributed by atoms with Gasteiger partial charge in [-0.15, -0.1) is 10.2 Å². The zero-order chi connectivity index (χ0) is 18.4. The molecule has 134 valence electrons. The molecule has 1 heterocycles. The third kappa shape index (κ3) is 4.32. The summed E-state index contributed by atoms with van der Waals surface area (Å²) in [7, 11) is 3.60. The van der Waals surface area contributed by atoms with Crippen molar-refractivity contribution in [3.63, 3.8) is 0 Å².